The molecule has 0 amide bonds. The Morgan fingerprint density at radius 1 is 1.35 bits per heavy atom. The molecule has 1 rings (SSSR count). The predicted molar refractivity (Wildman–Crippen MR) is 59.5 cm³/mol. The van der Waals surface area contributed by atoms with E-state index < -0.39 is 12.0 Å². The highest BCUT2D eigenvalue weighted by Gasteiger charge is 2.39. The van der Waals surface area contributed by atoms with Crippen LogP contribution in [0.1, 0.15) is 22.3 Å². The molecule has 2 N–H and O–H groups in total. The number of ketones is 1. The lowest BCUT2D eigenvalue weighted by molar-refractivity contribution is -0.0885. The van der Waals surface area contributed by atoms with Crippen molar-refractivity contribution in [1.29, 1.82) is 0 Å². The molecular formula is C12H12F3NO. The van der Waals surface area contributed by atoms with Crippen LogP contribution in [0.5, 0.6) is 0 Å². The van der Waals surface area contributed by atoms with Crippen molar-refractivity contribution in [3.63, 3.8) is 0 Å². The van der Waals surface area contributed by atoms with E-state index in [1.807, 2.05) is 0 Å². The lowest BCUT2D eigenvalue weighted by Crippen LogP contribution is -2.22. The summed E-state index contributed by atoms with van der Waals surface area (Å²) < 4.78 is 36.6. The molecule has 2 nitrogen and oxygen atoms in total. The molecule has 0 aromatic heterocycles. The monoisotopic (exact) mass is 243 g/mol. The van der Waals surface area contributed by atoms with E-state index in [4.69, 9.17) is 5.73 Å². The average Bonchev–Trinajstić information content (AvgIpc) is 2.28. The Hall–Kier alpha value is -1.62. The fraction of sp³-hybridized carbons (Fsp3) is 0.250. The van der Waals surface area contributed by atoms with E-state index in [-0.39, 0.29) is 5.56 Å². The molecule has 0 bridgehead atoms. The van der Waals surface area contributed by atoms with Crippen molar-refractivity contribution in [2.45, 2.75) is 12.6 Å². The maximum atomic E-state index is 12.2. The molecule has 1 aromatic carbocycles. The minimum atomic E-state index is -4.83. The van der Waals surface area contributed by atoms with Crippen LogP contribution in [0.15, 0.2) is 30.3 Å². The van der Waals surface area contributed by atoms with Crippen LogP contribution in [0.25, 0.3) is 6.08 Å². The lowest BCUT2D eigenvalue weighted by atomic mass is 10.1. The Bertz CT molecular complexity index is 424. The third-order valence-electron chi connectivity index (χ3n) is 2.05. The first-order valence-corrected chi connectivity index (χ1v) is 5.03. The number of rotatable bonds is 4. The van der Waals surface area contributed by atoms with Gasteiger partial charge in [-0.25, -0.2) is 0 Å². The molecule has 1 aromatic rings. The number of halogens is 3. The van der Waals surface area contributed by atoms with Crippen LogP contribution in [-0.4, -0.2) is 18.5 Å². The molecule has 17 heavy (non-hydrogen) atoms. The SMILES string of the molecule is NCCC=Cc1cccc(C(=O)C(F)(F)F)c1. The fourth-order valence-electron chi connectivity index (χ4n) is 1.26. The second-order valence-corrected chi connectivity index (χ2v) is 3.43. The zero-order valence-electron chi connectivity index (χ0n) is 9.00. The number of nitrogens with two attached hydrogens (primary N) is 1. The third kappa shape index (κ3) is 4.03. The molecule has 0 saturated carbocycles. The Morgan fingerprint density at radius 2 is 2.06 bits per heavy atom. The van der Waals surface area contributed by atoms with Crippen molar-refractivity contribution in [2.24, 2.45) is 5.73 Å². The summed E-state index contributed by atoms with van der Waals surface area (Å²) >= 11 is 0. The molecule has 5 heteroatoms. The maximum Gasteiger partial charge on any atom is 0.454 e. The molecule has 0 aliphatic carbocycles. The van der Waals surface area contributed by atoms with Gasteiger partial charge in [0, 0.05) is 5.56 Å². The van der Waals surface area contributed by atoms with Gasteiger partial charge in [-0.3, -0.25) is 4.79 Å². The van der Waals surface area contributed by atoms with Crippen LogP contribution in [-0.2, 0) is 0 Å². The molecule has 0 fully saturated rings. The zero-order chi connectivity index (χ0) is 12.9. The first-order chi connectivity index (χ1) is 7.95. The van der Waals surface area contributed by atoms with Gasteiger partial charge in [0.25, 0.3) is 5.78 Å². The molecular weight excluding hydrogens is 231 g/mol. The van der Waals surface area contributed by atoms with E-state index in [2.05, 4.69) is 0 Å². The summed E-state index contributed by atoms with van der Waals surface area (Å²) in [6.07, 6.45) is -0.811. The number of hydrogen-bond acceptors (Lipinski definition) is 2. The lowest BCUT2D eigenvalue weighted by Gasteiger charge is -2.05. The summed E-state index contributed by atoms with van der Waals surface area (Å²) in [4.78, 5) is 11.0. The van der Waals surface area contributed by atoms with E-state index in [1.54, 1.807) is 18.2 Å². The summed E-state index contributed by atoms with van der Waals surface area (Å²) in [5.41, 5.74) is 5.47. The quantitative estimate of drug-likeness (QED) is 0.826. The Balaban J connectivity index is 2.90. The van der Waals surface area contributed by atoms with Gasteiger partial charge in [0.15, 0.2) is 0 Å². The van der Waals surface area contributed by atoms with Crippen LogP contribution in [0.4, 0.5) is 13.2 Å². The molecule has 0 atom stereocenters. The van der Waals surface area contributed by atoms with Crippen molar-refractivity contribution in [2.75, 3.05) is 6.54 Å². The highest BCUT2D eigenvalue weighted by atomic mass is 19.4. The number of carbonyl (C=O) groups excluding carboxylic acids is 1. The van der Waals surface area contributed by atoms with Gasteiger partial charge in [-0.1, -0.05) is 30.4 Å². The molecule has 92 valence electrons. The predicted octanol–water partition coefficient (Wildman–Crippen LogP) is 2.79. The molecule has 0 spiro atoms. The average molecular weight is 243 g/mol. The minimum Gasteiger partial charge on any atom is -0.330 e. The highest BCUT2D eigenvalue weighted by Crippen LogP contribution is 2.22. The molecule has 0 unspecified atom stereocenters. The summed E-state index contributed by atoms with van der Waals surface area (Å²) in [5.74, 6) is -1.83. The molecule has 0 aliphatic rings. The third-order valence-corrected chi connectivity index (χ3v) is 2.05. The maximum absolute atomic E-state index is 12.2. The second-order valence-electron chi connectivity index (χ2n) is 3.43. The number of benzene rings is 1. The molecule has 0 heterocycles. The standard InChI is InChI=1S/C12H12F3NO/c13-12(14,15)11(17)10-6-3-5-9(8-10)4-1-2-7-16/h1,3-6,8H,2,7,16H2. The first kappa shape index (κ1) is 13.4. The van der Waals surface area contributed by atoms with Gasteiger partial charge in [-0.05, 0) is 24.6 Å². The molecule has 0 radical (unpaired) electrons. The fourth-order valence-corrected chi connectivity index (χ4v) is 1.26. The second kappa shape index (κ2) is 5.63. The van der Waals surface area contributed by atoms with Gasteiger partial charge in [0.2, 0.25) is 0 Å². The van der Waals surface area contributed by atoms with Crippen LogP contribution in [0.2, 0.25) is 0 Å². The van der Waals surface area contributed by atoms with E-state index in [0.717, 1.165) is 6.07 Å². The summed E-state index contributed by atoms with van der Waals surface area (Å²) in [7, 11) is 0. The Labute approximate surface area is 96.9 Å². The van der Waals surface area contributed by atoms with Gasteiger partial charge >= 0.3 is 6.18 Å². The number of hydrogen-bond donors (Lipinski definition) is 1. The molecule has 0 aliphatic heterocycles. The van der Waals surface area contributed by atoms with Crippen molar-refractivity contribution >= 4 is 11.9 Å². The zero-order valence-corrected chi connectivity index (χ0v) is 9.00. The number of carbonyl (C=O) groups is 1. The van der Waals surface area contributed by atoms with E-state index in [0.29, 0.717) is 18.5 Å². The van der Waals surface area contributed by atoms with E-state index in [1.165, 1.54) is 12.1 Å². The molecule has 0 saturated heterocycles. The van der Waals surface area contributed by atoms with Gasteiger partial charge in [0.05, 0.1) is 0 Å². The van der Waals surface area contributed by atoms with Gasteiger partial charge in [-0.15, -0.1) is 0 Å². The normalized spacial score (nSPS) is 12.0. The van der Waals surface area contributed by atoms with Crippen LogP contribution >= 0.6 is 0 Å². The van der Waals surface area contributed by atoms with E-state index >= 15 is 0 Å². The van der Waals surface area contributed by atoms with Gasteiger partial charge in [0.1, 0.15) is 0 Å². The minimum absolute atomic E-state index is 0.354. The highest BCUT2D eigenvalue weighted by molar-refractivity contribution is 6.00. The summed E-state index contributed by atoms with van der Waals surface area (Å²) in [6, 6.07) is 5.40. The number of alkyl halides is 3. The van der Waals surface area contributed by atoms with Crippen LogP contribution in [0.3, 0.4) is 0 Å². The van der Waals surface area contributed by atoms with Gasteiger partial charge < -0.3 is 5.73 Å². The van der Waals surface area contributed by atoms with Crippen molar-refractivity contribution in [1.82, 2.24) is 0 Å². The van der Waals surface area contributed by atoms with Crippen LogP contribution in [0, 0.1) is 0 Å². The first-order valence-electron chi connectivity index (χ1n) is 5.03. The largest absolute Gasteiger partial charge is 0.454 e. The smallest absolute Gasteiger partial charge is 0.330 e. The summed E-state index contributed by atoms with van der Waals surface area (Å²) in [6.45, 7) is 0.470. The topological polar surface area (TPSA) is 43.1 Å². The Kier molecular flexibility index (Phi) is 4.45. The number of Topliss-reactive ketones (excluding diaryl/α,β-unsaturated/α-hetero) is 1. The summed E-state index contributed by atoms with van der Waals surface area (Å²) in [5, 5.41) is 0. The Morgan fingerprint density at radius 3 is 2.65 bits per heavy atom. The van der Waals surface area contributed by atoms with E-state index in [9.17, 15) is 18.0 Å². The van der Waals surface area contributed by atoms with Crippen molar-refractivity contribution in [3.8, 4) is 0 Å². The van der Waals surface area contributed by atoms with Gasteiger partial charge in [-0.2, -0.15) is 13.2 Å². The van der Waals surface area contributed by atoms with Crippen molar-refractivity contribution in [3.05, 3.63) is 41.5 Å². The van der Waals surface area contributed by atoms with Crippen molar-refractivity contribution < 1.29 is 18.0 Å². The van der Waals surface area contributed by atoms with Crippen LogP contribution < -0.4 is 5.73 Å².